The van der Waals surface area contributed by atoms with Gasteiger partial charge in [-0.25, -0.2) is 4.98 Å². The van der Waals surface area contributed by atoms with Crippen molar-refractivity contribution in [2.75, 3.05) is 11.9 Å². The van der Waals surface area contributed by atoms with Gasteiger partial charge in [0.2, 0.25) is 0 Å². The zero-order valence-corrected chi connectivity index (χ0v) is 12.9. The van der Waals surface area contributed by atoms with E-state index in [-0.39, 0.29) is 0 Å². The van der Waals surface area contributed by atoms with Crippen LogP contribution in [0.3, 0.4) is 0 Å². The van der Waals surface area contributed by atoms with Gasteiger partial charge in [-0.3, -0.25) is 4.68 Å². The molecule has 0 saturated heterocycles. The van der Waals surface area contributed by atoms with Gasteiger partial charge in [-0.05, 0) is 22.0 Å². The Kier molecular flexibility index (Phi) is 2.78. The Balaban J connectivity index is 1.92. The average Bonchev–Trinajstić information content (AvgIpc) is 3.09. The van der Waals surface area contributed by atoms with Crippen LogP contribution in [0.25, 0.3) is 11.4 Å². The van der Waals surface area contributed by atoms with Crippen molar-refractivity contribution in [3.63, 3.8) is 0 Å². The van der Waals surface area contributed by atoms with E-state index in [1.165, 1.54) is 0 Å². The highest BCUT2D eigenvalue weighted by molar-refractivity contribution is 9.10. The van der Waals surface area contributed by atoms with Crippen molar-refractivity contribution in [1.29, 1.82) is 0 Å². The third-order valence-corrected chi connectivity index (χ3v) is 3.96. The van der Waals surface area contributed by atoms with Crippen molar-refractivity contribution in [3.8, 4) is 11.4 Å². The molecule has 0 saturated carbocycles. The molecule has 0 spiro atoms. The van der Waals surface area contributed by atoms with Crippen molar-refractivity contribution in [1.82, 2.24) is 24.3 Å². The van der Waals surface area contributed by atoms with Crippen LogP contribution in [0.15, 0.2) is 34.0 Å². The number of rotatable bonds is 1. The molecule has 106 valence electrons. The molecule has 4 heterocycles. The fourth-order valence-electron chi connectivity index (χ4n) is 2.43. The third-order valence-electron chi connectivity index (χ3n) is 3.36. The Bertz CT molecular complexity index is 863. The Hall–Kier alpha value is -2.22. The fourth-order valence-corrected chi connectivity index (χ4v) is 3.03. The molecular formula is C13H12BrN7. The molecule has 0 unspecified atom stereocenters. The molecular weight excluding hydrogens is 334 g/mol. The van der Waals surface area contributed by atoms with E-state index in [0.29, 0.717) is 11.4 Å². The normalized spacial score (nSPS) is 14.5. The topological polar surface area (TPSA) is 72.9 Å². The number of hydrogen-bond acceptors (Lipinski definition) is 5. The van der Waals surface area contributed by atoms with Crippen molar-refractivity contribution in [3.05, 3.63) is 34.6 Å². The highest BCUT2D eigenvalue weighted by Crippen LogP contribution is 2.32. The van der Waals surface area contributed by atoms with Crippen LogP contribution in [0.2, 0.25) is 0 Å². The van der Waals surface area contributed by atoms with Gasteiger partial charge in [-0.1, -0.05) is 0 Å². The maximum absolute atomic E-state index is 4.57. The molecule has 0 aromatic carbocycles. The van der Waals surface area contributed by atoms with E-state index in [1.54, 1.807) is 10.9 Å². The van der Waals surface area contributed by atoms with Gasteiger partial charge in [-0.15, -0.1) is 0 Å². The van der Waals surface area contributed by atoms with Crippen molar-refractivity contribution < 1.29 is 0 Å². The van der Waals surface area contributed by atoms with Gasteiger partial charge in [0.15, 0.2) is 5.82 Å². The van der Waals surface area contributed by atoms with E-state index in [9.17, 15) is 0 Å². The Labute approximate surface area is 128 Å². The summed E-state index contributed by atoms with van der Waals surface area (Å²) in [7, 11) is 1.85. The summed E-state index contributed by atoms with van der Waals surface area (Å²) in [5.74, 6) is 2.53. The quantitative estimate of drug-likeness (QED) is 0.725. The number of anilines is 1. The molecule has 21 heavy (non-hydrogen) atoms. The maximum atomic E-state index is 4.57. The second-order valence-electron chi connectivity index (χ2n) is 4.83. The van der Waals surface area contributed by atoms with E-state index in [1.807, 2.05) is 25.4 Å². The molecule has 0 aliphatic carbocycles. The third kappa shape index (κ3) is 2.11. The van der Waals surface area contributed by atoms with E-state index in [0.717, 1.165) is 34.8 Å². The number of hydrogen-bond donors (Lipinski definition) is 1. The van der Waals surface area contributed by atoms with Gasteiger partial charge in [-0.2, -0.15) is 15.1 Å². The summed E-state index contributed by atoms with van der Waals surface area (Å²) < 4.78 is 4.86. The lowest BCUT2D eigenvalue weighted by Crippen LogP contribution is -2.17. The van der Waals surface area contributed by atoms with Crippen molar-refractivity contribution >= 4 is 27.6 Å². The predicted molar refractivity (Wildman–Crippen MR) is 81.3 cm³/mol. The average molecular weight is 346 g/mol. The SMILES string of the molecule is Cn1ccc(N=c2ncc3cc(Br)c4n(c-3n2)CCN4)n1. The molecule has 0 radical (unpaired) electrons. The maximum Gasteiger partial charge on any atom is 0.253 e. The summed E-state index contributed by atoms with van der Waals surface area (Å²) in [4.78, 5) is 13.2. The minimum Gasteiger partial charge on any atom is -0.369 e. The van der Waals surface area contributed by atoms with Gasteiger partial charge in [0.05, 0.1) is 4.47 Å². The summed E-state index contributed by atoms with van der Waals surface area (Å²) >= 11 is 3.57. The van der Waals surface area contributed by atoms with E-state index in [2.05, 4.69) is 45.9 Å². The lowest BCUT2D eigenvalue weighted by Gasteiger charge is -2.13. The van der Waals surface area contributed by atoms with Crippen LogP contribution in [-0.4, -0.2) is 30.9 Å². The van der Waals surface area contributed by atoms with Crippen LogP contribution < -0.4 is 10.9 Å². The fraction of sp³-hybridized carbons (Fsp3) is 0.231. The minimum absolute atomic E-state index is 0.421. The minimum atomic E-state index is 0.421. The molecule has 0 amide bonds. The molecule has 7 nitrogen and oxygen atoms in total. The summed E-state index contributed by atoms with van der Waals surface area (Å²) in [5.41, 5.74) is 1.40. The van der Waals surface area contributed by atoms with Gasteiger partial charge < -0.3 is 9.88 Å². The molecule has 3 aliphatic heterocycles. The van der Waals surface area contributed by atoms with E-state index >= 15 is 0 Å². The molecule has 1 aromatic heterocycles. The van der Waals surface area contributed by atoms with Gasteiger partial charge in [0.1, 0.15) is 11.6 Å². The van der Waals surface area contributed by atoms with Crippen LogP contribution in [0.4, 0.5) is 11.6 Å². The smallest absolute Gasteiger partial charge is 0.253 e. The number of aromatic nitrogens is 5. The first kappa shape index (κ1) is 12.5. The van der Waals surface area contributed by atoms with Gasteiger partial charge >= 0.3 is 0 Å². The number of pyridine rings is 1. The standard InChI is InChI=1S/C13H12BrN7/c1-20-4-2-10(19-20)17-13-16-7-8-6-9(14)12-15-3-5-21(12)11(8)18-13/h2,4,6-7,15H,3,5H2,1H3. The first-order valence-electron chi connectivity index (χ1n) is 6.55. The number of aryl methyl sites for hydroxylation is 1. The Morgan fingerprint density at radius 1 is 1.43 bits per heavy atom. The van der Waals surface area contributed by atoms with Crippen molar-refractivity contribution in [2.45, 2.75) is 6.54 Å². The monoisotopic (exact) mass is 345 g/mol. The number of nitrogens with one attached hydrogen (secondary N) is 1. The second kappa shape index (κ2) is 4.66. The zero-order chi connectivity index (χ0) is 14.4. The van der Waals surface area contributed by atoms with Crippen LogP contribution in [0.5, 0.6) is 0 Å². The predicted octanol–water partition coefficient (Wildman–Crippen LogP) is 1.54. The van der Waals surface area contributed by atoms with E-state index in [4.69, 9.17) is 0 Å². The highest BCUT2D eigenvalue weighted by atomic mass is 79.9. The Morgan fingerprint density at radius 3 is 3.14 bits per heavy atom. The first-order valence-corrected chi connectivity index (χ1v) is 7.34. The lowest BCUT2D eigenvalue weighted by molar-refractivity contribution is 0.762. The second-order valence-corrected chi connectivity index (χ2v) is 5.68. The lowest BCUT2D eigenvalue weighted by atomic mass is 10.2. The zero-order valence-electron chi connectivity index (χ0n) is 11.3. The Morgan fingerprint density at radius 2 is 2.33 bits per heavy atom. The number of fused-ring (bicyclic) bond motifs is 3. The van der Waals surface area contributed by atoms with Gasteiger partial charge in [0, 0.05) is 44.2 Å². The van der Waals surface area contributed by atoms with E-state index < -0.39 is 0 Å². The molecule has 1 N–H and O–H groups in total. The van der Waals surface area contributed by atoms with Crippen LogP contribution in [0.1, 0.15) is 0 Å². The molecule has 0 fully saturated rings. The summed E-state index contributed by atoms with van der Waals surface area (Å²) in [6.45, 7) is 1.78. The first-order chi connectivity index (χ1) is 10.2. The largest absolute Gasteiger partial charge is 0.369 e. The van der Waals surface area contributed by atoms with Gasteiger partial charge in [0.25, 0.3) is 5.62 Å². The summed E-state index contributed by atoms with van der Waals surface area (Å²) in [6.07, 6.45) is 3.63. The molecule has 1 aromatic rings. The molecule has 0 atom stereocenters. The summed E-state index contributed by atoms with van der Waals surface area (Å²) in [5, 5.41) is 7.56. The highest BCUT2D eigenvalue weighted by Gasteiger charge is 2.19. The number of halogens is 1. The van der Waals surface area contributed by atoms with Crippen LogP contribution >= 0.6 is 15.9 Å². The molecule has 4 rings (SSSR count). The van der Waals surface area contributed by atoms with Crippen LogP contribution in [-0.2, 0) is 13.6 Å². The van der Waals surface area contributed by atoms with Crippen molar-refractivity contribution in [2.24, 2.45) is 12.0 Å². The van der Waals surface area contributed by atoms with Crippen LogP contribution in [0, 0.1) is 0 Å². The molecule has 8 heteroatoms. The molecule has 0 bridgehead atoms. The summed E-state index contributed by atoms with van der Waals surface area (Å²) in [6, 6.07) is 3.85. The number of nitrogens with zero attached hydrogens (tertiary/aromatic N) is 6. The molecule has 3 aliphatic rings.